The van der Waals surface area contributed by atoms with Gasteiger partial charge in [-0.2, -0.15) is 4.39 Å². The number of hydrogen-bond donors (Lipinski definition) is 4. The van der Waals surface area contributed by atoms with Crippen LogP contribution in [0.25, 0.3) is 11.0 Å². The van der Waals surface area contributed by atoms with Crippen molar-refractivity contribution in [1.82, 2.24) is 9.97 Å². The van der Waals surface area contributed by atoms with E-state index in [1.807, 2.05) is 0 Å². The van der Waals surface area contributed by atoms with Gasteiger partial charge in [0.05, 0.1) is 12.0 Å². The predicted molar refractivity (Wildman–Crippen MR) is 78.3 cm³/mol. The van der Waals surface area contributed by atoms with Crippen LogP contribution >= 0.6 is 12.2 Å². The molecule has 0 aromatic carbocycles. The first-order valence-corrected chi connectivity index (χ1v) is 7.27. The molecule has 3 heterocycles. The number of H-pyrrole nitrogens is 1. The molecule has 1 fully saturated rings. The number of aliphatic hydroxyl groups is 3. The van der Waals surface area contributed by atoms with Crippen LogP contribution in [0.2, 0.25) is 0 Å². The summed E-state index contributed by atoms with van der Waals surface area (Å²) in [5, 5.41) is 29.0. The molecular formula is C14H14F2N2O4S. The second-order valence-electron chi connectivity index (χ2n) is 5.42. The Hall–Kier alpha value is -1.52. The molecule has 0 spiro atoms. The number of fused-ring (bicyclic) bond motifs is 1. The Morgan fingerprint density at radius 1 is 1.35 bits per heavy atom. The fourth-order valence-electron chi connectivity index (χ4n) is 2.63. The third-order valence-electron chi connectivity index (χ3n) is 3.98. The predicted octanol–water partition coefficient (Wildman–Crippen LogP) is 1.03. The summed E-state index contributed by atoms with van der Waals surface area (Å²) in [5.41, 5.74) is -0.0806. The number of pyridine rings is 2. The van der Waals surface area contributed by atoms with Gasteiger partial charge in [0.15, 0.2) is 0 Å². The Morgan fingerprint density at radius 3 is 2.65 bits per heavy atom. The Labute approximate surface area is 134 Å². The molecule has 4 N–H and O–H groups in total. The van der Waals surface area contributed by atoms with Crippen LogP contribution in [0.1, 0.15) is 17.2 Å². The Morgan fingerprint density at radius 2 is 2.04 bits per heavy atom. The molecule has 4 atom stereocenters. The number of ether oxygens (including phenoxy) is 1. The minimum atomic E-state index is -1.34. The first-order valence-electron chi connectivity index (χ1n) is 6.86. The fourth-order valence-corrected chi connectivity index (χ4v) is 2.91. The highest BCUT2D eigenvalue weighted by atomic mass is 32.1. The van der Waals surface area contributed by atoms with Crippen LogP contribution < -0.4 is 0 Å². The summed E-state index contributed by atoms with van der Waals surface area (Å²) in [6, 6.07) is 1.31. The highest BCUT2D eigenvalue weighted by Crippen LogP contribution is 2.35. The maximum absolute atomic E-state index is 14.2. The zero-order valence-electron chi connectivity index (χ0n) is 12.0. The molecule has 0 saturated carbocycles. The number of halogens is 2. The van der Waals surface area contributed by atoms with Gasteiger partial charge in [-0.15, -0.1) is 0 Å². The number of aromatic nitrogens is 2. The number of aliphatic hydroxyl groups excluding tert-OH is 3. The number of aromatic amines is 1. The number of nitrogens with one attached hydrogen (secondary N) is 1. The van der Waals surface area contributed by atoms with Gasteiger partial charge in [0.2, 0.25) is 5.95 Å². The monoisotopic (exact) mass is 344 g/mol. The van der Waals surface area contributed by atoms with Crippen LogP contribution in [0.15, 0.2) is 6.07 Å². The summed E-state index contributed by atoms with van der Waals surface area (Å²) in [6.07, 6.45) is -4.65. The van der Waals surface area contributed by atoms with Crippen LogP contribution in [0.4, 0.5) is 8.78 Å². The van der Waals surface area contributed by atoms with Crippen LogP contribution in [0, 0.1) is 23.3 Å². The summed E-state index contributed by atoms with van der Waals surface area (Å²) in [5.74, 6) is -1.74. The minimum Gasteiger partial charge on any atom is -0.394 e. The zero-order valence-corrected chi connectivity index (χ0v) is 12.8. The average Bonchev–Trinajstić information content (AvgIpc) is 2.80. The maximum atomic E-state index is 14.2. The van der Waals surface area contributed by atoms with Crippen molar-refractivity contribution in [2.24, 2.45) is 0 Å². The first kappa shape index (κ1) is 16.3. The third-order valence-corrected chi connectivity index (χ3v) is 4.32. The van der Waals surface area contributed by atoms with Gasteiger partial charge in [0.25, 0.3) is 0 Å². The second-order valence-corrected chi connectivity index (χ2v) is 5.82. The van der Waals surface area contributed by atoms with E-state index in [0.29, 0.717) is 0 Å². The Bertz CT molecular complexity index is 829. The molecule has 124 valence electrons. The van der Waals surface area contributed by atoms with E-state index in [4.69, 9.17) is 22.1 Å². The van der Waals surface area contributed by atoms with Crippen LogP contribution in [-0.4, -0.2) is 50.2 Å². The van der Waals surface area contributed by atoms with E-state index in [0.717, 1.165) is 0 Å². The lowest BCUT2D eigenvalue weighted by atomic mass is 10.0. The van der Waals surface area contributed by atoms with Crippen molar-refractivity contribution in [1.29, 1.82) is 0 Å². The van der Waals surface area contributed by atoms with Gasteiger partial charge in [-0.1, -0.05) is 12.2 Å². The molecule has 0 bridgehead atoms. The quantitative estimate of drug-likeness (QED) is 0.480. The molecule has 1 aliphatic rings. The lowest BCUT2D eigenvalue weighted by Gasteiger charge is -2.16. The number of nitrogens with zero attached hydrogens (tertiary/aromatic N) is 1. The van der Waals surface area contributed by atoms with Gasteiger partial charge in [-0.3, -0.25) is 0 Å². The Kier molecular flexibility index (Phi) is 4.15. The van der Waals surface area contributed by atoms with Crippen molar-refractivity contribution < 1.29 is 28.8 Å². The minimum absolute atomic E-state index is 0.00904. The van der Waals surface area contributed by atoms with Gasteiger partial charge in [-0.05, 0) is 13.0 Å². The van der Waals surface area contributed by atoms with Crippen molar-refractivity contribution >= 4 is 23.3 Å². The van der Waals surface area contributed by atoms with Crippen molar-refractivity contribution in [2.75, 3.05) is 6.61 Å². The summed E-state index contributed by atoms with van der Waals surface area (Å²) < 4.78 is 33.2. The molecular weight excluding hydrogens is 330 g/mol. The standard InChI is InChI=1S/C14H14F2N2O4S/c1-4-8(15)5-2-6(14(23)18-13(5)17-12(4)16)11-10(21)9(20)7(3-19)22-11/h2,7,9-11,19-21H,3H2,1H3,(H,17,18,23)/t7-,9?,10?,11+/m1/s1. The highest BCUT2D eigenvalue weighted by Gasteiger charge is 2.43. The average molecular weight is 344 g/mol. The van der Waals surface area contributed by atoms with Gasteiger partial charge in [0.1, 0.15) is 40.5 Å². The fraction of sp³-hybridized carbons (Fsp3) is 0.429. The van der Waals surface area contributed by atoms with Crippen LogP contribution in [-0.2, 0) is 4.74 Å². The van der Waals surface area contributed by atoms with E-state index in [-0.39, 0.29) is 26.8 Å². The summed E-state index contributed by atoms with van der Waals surface area (Å²) >= 11 is 5.13. The highest BCUT2D eigenvalue weighted by molar-refractivity contribution is 7.71. The van der Waals surface area contributed by atoms with Gasteiger partial charge in [-0.25, -0.2) is 9.37 Å². The zero-order chi connectivity index (χ0) is 16.9. The molecule has 2 aromatic rings. The summed E-state index contributed by atoms with van der Waals surface area (Å²) in [6.45, 7) is 0.768. The molecule has 0 radical (unpaired) electrons. The van der Waals surface area contributed by atoms with Crippen molar-refractivity contribution in [3.8, 4) is 0 Å². The molecule has 2 unspecified atom stereocenters. The topological polar surface area (TPSA) is 98.6 Å². The number of rotatable bonds is 2. The molecule has 3 rings (SSSR count). The van der Waals surface area contributed by atoms with E-state index in [1.165, 1.54) is 13.0 Å². The molecule has 9 heteroatoms. The largest absolute Gasteiger partial charge is 0.394 e. The van der Waals surface area contributed by atoms with Gasteiger partial charge < -0.3 is 25.0 Å². The molecule has 1 saturated heterocycles. The van der Waals surface area contributed by atoms with E-state index in [9.17, 15) is 19.0 Å². The lowest BCUT2D eigenvalue weighted by Crippen LogP contribution is -2.32. The summed E-state index contributed by atoms with van der Waals surface area (Å²) in [4.78, 5) is 6.21. The first-order chi connectivity index (χ1) is 10.8. The van der Waals surface area contributed by atoms with Crippen molar-refractivity contribution in [3.63, 3.8) is 0 Å². The smallest absolute Gasteiger partial charge is 0.220 e. The summed E-state index contributed by atoms with van der Waals surface area (Å²) in [7, 11) is 0. The van der Waals surface area contributed by atoms with Crippen LogP contribution in [0.5, 0.6) is 0 Å². The normalized spacial score (nSPS) is 27.7. The molecule has 23 heavy (non-hydrogen) atoms. The molecule has 2 aromatic heterocycles. The Balaban J connectivity index is 2.16. The van der Waals surface area contributed by atoms with Crippen molar-refractivity contribution in [2.45, 2.75) is 31.3 Å². The lowest BCUT2D eigenvalue weighted by molar-refractivity contribution is -0.0229. The third kappa shape index (κ3) is 2.54. The SMILES string of the molecule is Cc1c(F)nc2[nH]c(=S)c([C@@H]3O[C@H](CO)C(O)C3O)cc2c1F. The number of hydrogen-bond acceptors (Lipinski definition) is 6. The van der Waals surface area contributed by atoms with E-state index < -0.39 is 42.8 Å². The molecule has 0 amide bonds. The molecule has 0 aliphatic carbocycles. The van der Waals surface area contributed by atoms with E-state index >= 15 is 0 Å². The molecule has 1 aliphatic heterocycles. The van der Waals surface area contributed by atoms with Crippen LogP contribution in [0.3, 0.4) is 0 Å². The van der Waals surface area contributed by atoms with E-state index in [2.05, 4.69) is 9.97 Å². The van der Waals surface area contributed by atoms with Gasteiger partial charge >= 0.3 is 0 Å². The molecule has 6 nitrogen and oxygen atoms in total. The van der Waals surface area contributed by atoms with Gasteiger partial charge in [0, 0.05) is 11.1 Å². The van der Waals surface area contributed by atoms with Crippen molar-refractivity contribution in [3.05, 3.63) is 33.6 Å². The maximum Gasteiger partial charge on any atom is 0.220 e. The van der Waals surface area contributed by atoms with E-state index in [1.54, 1.807) is 0 Å². The second kappa shape index (κ2) is 5.84.